The van der Waals surface area contributed by atoms with Crippen LogP contribution in [-0.4, -0.2) is 34.4 Å². The molecule has 0 unspecified atom stereocenters. The maximum absolute atomic E-state index is 13.7. The smallest absolute Gasteiger partial charge is 0.406 e. The predicted octanol–water partition coefficient (Wildman–Crippen LogP) is 1.11. The van der Waals surface area contributed by atoms with Gasteiger partial charge in [-0.05, 0) is 13.0 Å². The zero-order valence-electron chi connectivity index (χ0n) is 10.6. The van der Waals surface area contributed by atoms with Crippen LogP contribution in [0.25, 0.3) is 0 Å². The third-order valence-electron chi connectivity index (χ3n) is 2.76. The number of amides is 1. The first-order valence-electron chi connectivity index (χ1n) is 5.66. The van der Waals surface area contributed by atoms with E-state index < -0.39 is 23.7 Å². The lowest BCUT2D eigenvalue weighted by molar-refractivity contribution is -0.119. The zero-order chi connectivity index (χ0) is 15.3. The minimum absolute atomic E-state index is 0.0933. The summed E-state index contributed by atoms with van der Waals surface area (Å²) in [6.07, 6.45) is -2.65. The van der Waals surface area contributed by atoms with E-state index in [1.54, 1.807) is 0 Å². The van der Waals surface area contributed by atoms with Gasteiger partial charge in [0.2, 0.25) is 0 Å². The molecule has 0 bridgehead atoms. The van der Waals surface area contributed by atoms with Gasteiger partial charge in [0.15, 0.2) is 11.9 Å². The summed E-state index contributed by atoms with van der Waals surface area (Å²) in [6.45, 7) is 1.03. The SMILES string of the molecule is C[C@@H](O)[C@](C=O)(NCc1cccc(Cl)c1F)NC(=O)O. The van der Waals surface area contributed by atoms with E-state index in [1.807, 2.05) is 5.32 Å². The van der Waals surface area contributed by atoms with Crippen LogP contribution in [0.2, 0.25) is 5.02 Å². The second kappa shape index (κ2) is 6.65. The molecule has 1 amide bonds. The number of carboxylic acid groups (broad SMARTS) is 1. The van der Waals surface area contributed by atoms with Crippen LogP contribution in [0.15, 0.2) is 18.2 Å². The highest BCUT2D eigenvalue weighted by Gasteiger charge is 2.36. The molecule has 0 fully saturated rings. The highest BCUT2D eigenvalue weighted by atomic mass is 35.5. The fraction of sp³-hybridized carbons (Fsp3) is 0.333. The van der Waals surface area contributed by atoms with Gasteiger partial charge >= 0.3 is 6.09 Å². The quantitative estimate of drug-likeness (QED) is 0.466. The molecule has 6 nitrogen and oxygen atoms in total. The summed E-state index contributed by atoms with van der Waals surface area (Å²) in [7, 11) is 0. The summed E-state index contributed by atoms with van der Waals surface area (Å²) in [5.41, 5.74) is -1.79. The third-order valence-corrected chi connectivity index (χ3v) is 3.05. The highest BCUT2D eigenvalue weighted by Crippen LogP contribution is 2.18. The molecule has 0 aliphatic carbocycles. The summed E-state index contributed by atoms with van der Waals surface area (Å²) < 4.78 is 13.7. The maximum atomic E-state index is 13.7. The number of benzene rings is 1. The second-order valence-electron chi connectivity index (χ2n) is 4.16. The normalized spacial score (nSPS) is 15.2. The number of hydrogen-bond donors (Lipinski definition) is 4. The minimum atomic E-state index is -1.93. The molecule has 8 heteroatoms. The molecule has 20 heavy (non-hydrogen) atoms. The molecule has 0 aromatic heterocycles. The van der Waals surface area contributed by atoms with Gasteiger partial charge in [-0.15, -0.1) is 0 Å². The number of rotatable bonds is 6. The van der Waals surface area contributed by atoms with E-state index in [9.17, 15) is 19.1 Å². The van der Waals surface area contributed by atoms with Crippen molar-refractivity contribution < 1.29 is 24.2 Å². The van der Waals surface area contributed by atoms with Crippen molar-refractivity contribution in [1.29, 1.82) is 0 Å². The molecule has 1 aromatic carbocycles. The van der Waals surface area contributed by atoms with E-state index >= 15 is 0 Å². The van der Waals surface area contributed by atoms with Gasteiger partial charge in [0, 0.05) is 12.1 Å². The van der Waals surface area contributed by atoms with Gasteiger partial charge < -0.3 is 10.2 Å². The summed E-state index contributed by atoms with van der Waals surface area (Å²) in [5.74, 6) is -0.678. The molecule has 110 valence electrons. The third kappa shape index (κ3) is 3.66. The Bertz CT molecular complexity index is 512. The number of aliphatic hydroxyl groups is 1. The molecule has 1 rings (SSSR count). The van der Waals surface area contributed by atoms with Crippen LogP contribution < -0.4 is 10.6 Å². The fourth-order valence-electron chi connectivity index (χ4n) is 1.57. The van der Waals surface area contributed by atoms with Crippen molar-refractivity contribution in [2.24, 2.45) is 0 Å². The molecular weight excluding hydrogens is 291 g/mol. The van der Waals surface area contributed by atoms with Crippen LogP contribution >= 0.6 is 11.6 Å². The molecular formula is C12H14ClFN2O4. The molecule has 1 aromatic rings. The van der Waals surface area contributed by atoms with E-state index in [0.29, 0.717) is 0 Å². The standard InChI is InChI=1S/C12H14ClFN2O4/c1-7(18)12(6-17,16-11(19)20)15-5-8-3-2-4-9(13)10(8)14/h2-4,6-7,15-16,18H,5H2,1H3,(H,19,20)/t7-,12-/m1/s1. The molecule has 0 heterocycles. The number of aldehydes is 1. The Morgan fingerprint density at radius 3 is 2.75 bits per heavy atom. The lowest BCUT2D eigenvalue weighted by Gasteiger charge is -2.32. The summed E-state index contributed by atoms with van der Waals surface area (Å²) in [6, 6.07) is 4.29. The average molecular weight is 305 g/mol. The molecule has 0 spiro atoms. The van der Waals surface area contributed by atoms with E-state index in [0.717, 1.165) is 0 Å². The predicted molar refractivity (Wildman–Crippen MR) is 69.9 cm³/mol. The Morgan fingerprint density at radius 1 is 1.60 bits per heavy atom. The lowest BCUT2D eigenvalue weighted by atomic mass is 10.1. The molecule has 0 radical (unpaired) electrons. The summed E-state index contributed by atoms with van der Waals surface area (Å²) in [4.78, 5) is 21.8. The highest BCUT2D eigenvalue weighted by molar-refractivity contribution is 6.30. The Labute approximate surface area is 119 Å². The first-order valence-corrected chi connectivity index (χ1v) is 6.03. The molecule has 4 N–H and O–H groups in total. The number of carbonyl (C=O) groups is 2. The van der Waals surface area contributed by atoms with Crippen LogP contribution in [0, 0.1) is 5.82 Å². The summed E-state index contributed by atoms with van der Waals surface area (Å²) in [5, 5.41) is 22.6. The largest absolute Gasteiger partial charge is 0.465 e. The molecule has 0 aliphatic rings. The Hall–Kier alpha value is -1.70. The van der Waals surface area contributed by atoms with Crippen LogP contribution in [0.4, 0.5) is 9.18 Å². The van der Waals surface area contributed by atoms with Crippen molar-refractivity contribution >= 4 is 24.0 Å². The Kier molecular flexibility index (Phi) is 5.43. The van der Waals surface area contributed by atoms with Crippen molar-refractivity contribution in [3.63, 3.8) is 0 Å². The molecule has 0 saturated carbocycles. The van der Waals surface area contributed by atoms with Crippen LogP contribution in [-0.2, 0) is 11.3 Å². The average Bonchev–Trinajstić information content (AvgIpc) is 2.38. The van der Waals surface area contributed by atoms with Gasteiger partial charge in [0.25, 0.3) is 0 Å². The number of carbonyl (C=O) groups excluding carboxylic acids is 1. The Balaban J connectivity index is 2.94. The molecule has 2 atom stereocenters. The molecule has 0 saturated heterocycles. The van der Waals surface area contributed by atoms with Gasteiger partial charge in [-0.3, -0.25) is 15.4 Å². The van der Waals surface area contributed by atoms with Gasteiger partial charge in [-0.1, -0.05) is 23.7 Å². The van der Waals surface area contributed by atoms with Crippen molar-refractivity contribution in [2.45, 2.75) is 25.2 Å². The van der Waals surface area contributed by atoms with Crippen molar-refractivity contribution in [2.75, 3.05) is 0 Å². The van der Waals surface area contributed by atoms with Crippen LogP contribution in [0.1, 0.15) is 12.5 Å². The van der Waals surface area contributed by atoms with Crippen molar-refractivity contribution in [1.82, 2.24) is 10.6 Å². The minimum Gasteiger partial charge on any atom is -0.465 e. The number of halogens is 2. The van der Waals surface area contributed by atoms with Gasteiger partial charge in [0.05, 0.1) is 11.1 Å². The van der Waals surface area contributed by atoms with E-state index in [-0.39, 0.29) is 23.4 Å². The van der Waals surface area contributed by atoms with Crippen LogP contribution in [0.3, 0.4) is 0 Å². The monoisotopic (exact) mass is 304 g/mol. The van der Waals surface area contributed by atoms with E-state index in [2.05, 4.69) is 5.32 Å². The topological polar surface area (TPSA) is 98.7 Å². The first-order chi connectivity index (χ1) is 9.32. The first kappa shape index (κ1) is 16.4. The zero-order valence-corrected chi connectivity index (χ0v) is 11.3. The maximum Gasteiger partial charge on any atom is 0.406 e. The number of aliphatic hydroxyl groups excluding tert-OH is 1. The van der Waals surface area contributed by atoms with Gasteiger partial charge in [0.1, 0.15) is 5.82 Å². The van der Waals surface area contributed by atoms with Crippen molar-refractivity contribution in [3.8, 4) is 0 Å². The van der Waals surface area contributed by atoms with Crippen molar-refractivity contribution in [3.05, 3.63) is 34.6 Å². The number of nitrogens with one attached hydrogen (secondary N) is 2. The fourth-order valence-corrected chi connectivity index (χ4v) is 1.76. The molecule has 0 aliphatic heterocycles. The van der Waals surface area contributed by atoms with Crippen LogP contribution in [0.5, 0.6) is 0 Å². The summed E-state index contributed by atoms with van der Waals surface area (Å²) >= 11 is 5.61. The Morgan fingerprint density at radius 2 is 2.25 bits per heavy atom. The second-order valence-corrected chi connectivity index (χ2v) is 4.57. The number of hydrogen-bond acceptors (Lipinski definition) is 4. The lowest BCUT2D eigenvalue weighted by Crippen LogP contribution is -2.66. The van der Waals surface area contributed by atoms with Gasteiger partial charge in [-0.25, -0.2) is 9.18 Å². The van der Waals surface area contributed by atoms with E-state index in [4.69, 9.17) is 16.7 Å². The van der Waals surface area contributed by atoms with E-state index in [1.165, 1.54) is 25.1 Å². The van der Waals surface area contributed by atoms with Gasteiger partial charge in [-0.2, -0.15) is 0 Å².